The zero-order chi connectivity index (χ0) is 20.1. The number of carbonyl (C=O) groups excluding carboxylic acids is 3. The second-order valence-electron chi connectivity index (χ2n) is 6.67. The first-order valence-corrected chi connectivity index (χ1v) is 9.86. The first-order valence-electron chi connectivity index (χ1n) is 9.06. The Morgan fingerprint density at radius 3 is 2.36 bits per heavy atom. The van der Waals surface area contributed by atoms with Crippen LogP contribution in [0.25, 0.3) is 0 Å². The summed E-state index contributed by atoms with van der Waals surface area (Å²) in [6.45, 7) is 2.50. The summed E-state index contributed by atoms with van der Waals surface area (Å²) in [6.07, 6.45) is 1.38. The summed E-state index contributed by atoms with van der Waals surface area (Å²) in [5, 5.41) is 3.00. The molecule has 1 N–H and O–H groups in total. The van der Waals surface area contributed by atoms with E-state index in [-0.39, 0.29) is 17.9 Å². The van der Waals surface area contributed by atoms with Crippen molar-refractivity contribution < 1.29 is 19.1 Å². The van der Waals surface area contributed by atoms with Gasteiger partial charge in [0.25, 0.3) is 11.8 Å². The molecule has 28 heavy (non-hydrogen) atoms. The topological polar surface area (TPSA) is 75.7 Å². The average molecular weight is 445 g/mol. The number of nitrogens with one attached hydrogen (secondary N) is 1. The van der Waals surface area contributed by atoms with E-state index in [0.717, 1.165) is 4.47 Å². The molecule has 0 saturated carbocycles. The van der Waals surface area contributed by atoms with Crippen LogP contribution >= 0.6 is 15.9 Å². The fourth-order valence-electron chi connectivity index (χ4n) is 3.14. The summed E-state index contributed by atoms with van der Waals surface area (Å²) < 4.78 is 5.95. The van der Waals surface area contributed by atoms with Gasteiger partial charge in [0.15, 0.2) is 0 Å². The highest BCUT2D eigenvalue weighted by atomic mass is 79.9. The molecule has 0 aliphatic carbocycles. The lowest BCUT2D eigenvalue weighted by molar-refractivity contribution is -0.131. The first-order chi connectivity index (χ1) is 13.4. The molecule has 0 spiro atoms. The molecule has 7 heteroatoms. The minimum Gasteiger partial charge on any atom is -0.427 e. The van der Waals surface area contributed by atoms with Crippen molar-refractivity contribution in [2.24, 2.45) is 0 Å². The molecule has 1 fully saturated rings. The lowest BCUT2D eigenvalue weighted by Gasteiger charge is -2.32. The fraction of sp³-hybridized carbons (Fsp3) is 0.286. The van der Waals surface area contributed by atoms with Gasteiger partial charge >= 0.3 is 5.97 Å². The molecule has 1 aliphatic heterocycles. The van der Waals surface area contributed by atoms with Gasteiger partial charge in [-0.15, -0.1) is 0 Å². The molecule has 146 valence electrons. The quantitative estimate of drug-likeness (QED) is 0.578. The third-order valence-corrected chi connectivity index (χ3v) is 5.10. The summed E-state index contributed by atoms with van der Waals surface area (Å²) in [6, 6.07) is 13.8. The number of ether oxygens (including phenoxy) is 1. The molecule has 2 amide bonds. The number of piperidine rings is 1. The lowest BCUT2D eigenvalue weighted by atomic mass is 10.0. The Kier molecular flexibility index (Phi) is 6.46. The van der Waals surface area contributed by atoms with E-state index >= 15 is 0 Å². The van der Waals surface area contributed by atoms with Crippen molar-refractivity contribution in [1.29, 1.82) is 0 Å². The number of likely N-dealkylation sites (tertiary alicyclic amines) is 1. The molecule has 0 radical (unpaired) electrons. The molecule has 1 heterocycles. The molecule has 3 rings (SSSR count). The van der Waals surface area contributed by atoms with Crippen molar-refractivity contribution in [1.82, 2.24) is 10.2 Å². The predicted octanol–water partition coefficient (Wildman–Crippen LogP) is 3.41. The van der Waals surface area contributed by atoms with Crippen LogP contribution in [-0.4, -0.2) is 41.8 Å². The number of hydrogen-bond donors (Lipinski definition) is 1. The van der Waals surface area contributed by atoms with Gasteiger partial charge in [0, 0.05) is 41.7 Å². The second kappa shape index (κ2) is 9.01. The van der Waals surface area contributed by atoms with E-state index in [0.29, 0.717) is 42.8 Å². The van der Waals surface area contributed by atoms with Crippen LogP contribution < -0.4 is 10.1 Å². The van der Waals surface area contributed by atoms with Gasteiger partial charge in [-0.25, -0.2) is 0 Å². The van der Waals surface area contributed by atoms with E-state index in [4.69, 9.17) is 4.74 Å². The van der Waals surface area contributed by atoms with Gasteiger partial charge in [-0.2, -0.15) is 0 Å². The summed E-state index contributed by atoms with van der Waals surface area (Å²) in [7, 11) is 0. The smallest absolute Gasteiger partial charge is 0.308 e. The number of amides is 2. The number of benzene rings is 2. The third-order valence-electron chi connectivity index (χ3n) is 4.57. The van der Waals surface area contributed by atoms with Crippen molar-refractivity contribution in [2.75, 3.05) is 13.1 Å². The standard InChI is InChI=1S/C21H21BrN2O4/c1-14(25)28-19-4-2-3-16(13-19)20(26)23-18-9-11-24(12-10-18)21(27)15-5-7-17(22)8-6-15/h2-8,13,18H,9-12H2,1H3,(H,23,26). The van der Waals surface area contributed by atoms with E-state index in [1.807, 2.05) is 17.0 Å². The Hall–Kier alpha value is -2.67. The Morgan fingerprint density at radius 1 is 1.04 bits per heavy atom. The van der Waals surface area contributed by atoms with Crippen molar-refractivity contribution in [2.45, 2.75) is 25.8 Å². The maximum atomic E-state index is 12.6. The van der Waals surface area contributed by atoms with Crippen molar-refractivity contribution in [3.63, 3.8) is 0 Å². The van der Waals surface area contributed by atoms with E-state index in [1.165, 1.54) is 6.92 Å². The van der Waals surface area contributed by atoms with Crippen LogP contribution in [0.1, 0.15) is 40.5 Å². The minimum atomic E-state index is -0.430. The van der Waals surface area contributed by atoms with Gasteiger partial charge in [-0.3, -0.25) is 14.4 Å². The highest BCUT2D eigenvalue weighted by Gasteiger charge is 2.25. The molecule has 0 bridgehead atoms. The van der Waals surface area contributed by atoms with Crippen molar-refractivity contribution in [3.05, 3.63) is 64.1 Å². The van der Waals surface area contributed by atoms with Gasteiger partial charge in [-0.05, 0) is 55.3 Å². The lowest BCUT2D eigenvalue weighted by Crippen LogP contribution is -2.46. The molecule has 1 aliphatic rings. The Labute approximate surface area is 172 Å². The summed E-state index contributed by atoms with van der Waals surface area (Å²) in [5.74, 6) is -0.298. The second-order valence-corrected chi connectivity index (χ2v) is 7.58. The van der Waals surface area contributed by atoms with E-state index in [9.17, 15) is 14.4 Å². The first kappa shape index (κ1) is 20.1. The molecule has 2 aromatic rings. The van der Waals surface area contributed by atoms with E-state index < -0.39 is 5.97 Å². The van der Waals surface area contributed by atoms with E-state index in [1.54, 1.807) is 36.4 Å². The fourth-order valence-corrected chi connectivity index (χ4v) is 3.40. The number of nitrogens with zero attached hydrogens (tertiary/aromatic N) is 1. The Morgan fingerprint density at radius 2 is 1.71 bits per heavy atom. The van der Waals surface area contributed by atoms with Crippen LogP contribution in [-0.2, 0) is 4.79 Å². The molecular formula is C21H21BrN2O4. The number of rotatable bonds is 4. The molecule has 0 unspecified atom stereocenters. The van der Waals surface area contributed by atoms with Gasteiger partial charge in [-0.1, -0.05) is 22.0 Å². The van der Waals surface area contributed by atoms with Crippen LogP contribution in [0, 0.1) is 0 Å². The molecular weight excluding hydrogens is 424 g/mol. The van der Waals surface area contributed by atoms with Gasteiger partial charge in [0.1, 0.15) is 5.75 Å². The zero-order valence-electron chi connectivity index (χ0n) is 15.5. The zero-order valence-corrected chi connectivity index (χ0v) is 17.1. The monoisotopic (exact) mass is 444 g/mol. The number of halogens is 1. The van der Waals surface area contributed by atoms with Crippen LogP contribution in [0.5, 0.6) is 5.75 Å². The maximum Gasteiger partial charge on any atom is 0.308 e. The number of esters is 1. The van der Waals surface area contributed by atoms with Crippen molar-refractivity contribution >= 4 is 33.7 Å². The summed E-state index contributed by atoms with van der Waals surface area (Å²) in [4.78, 5) is 37.9. The highest BCUT2D eigenvalue weighted by Crippen LogP contribution is 2.18. The van der Waals surface area contributed by atoms with Crippen LogP contribution in [0.3, 0.4) is 0 Å². The number of hydrogen-bond acceptors (Lipinski definition) is 4. The highest BCUT2D eigenvalue weighted by molar-refractivity contribution is 9.10. The van der Waals surface area contributed by atoms with Gasteiger partial charge < -0.3 is 15.0 Å². The van der Waals surface area contributed by atoms with E-state index in [2.05, 4.69) is 21.2 Å². The maximum absolute atomic E-state index is 12.6. The van der Waals surface area contributed by atoms with Gasteiger partial charge in [0.05, 0.1) is 0 Å². The Bertz CT molecular complexity index is 874. The molecule has 6 nitrogen and oxygen atoms in total. The Balaban J connectivity index is 1.54. The van der Waals surface area contributed by atoms with Crippen LogP contribution in [0.15, 0.2) is 53.0 Å². The molecule has 1 saturated heterocycles. The SMILES string of the molecule is CC(=O)Oc1cccc(C(=O)NC2CCN(C(=O)c3ccc(Br)cc3)CC2)c1. The predicted molar refractivity (Wildman–Crippen MR) is 108 cm³/mol. The summed E-state index contributed by atoms with van der Waals surface area (Å²) in [5.41, 5.74) is 1.10. The summed E-state index contributed by atoms with van der Waals surface area (Å²) >= 11 is 3.37. The van der Waals surface area contributed by atoms with Crippen LogP contribution in [0.2, 0.25) is 0 Å². The van der Waals surface area contributed by atoms with Crippen LogP contribution in [0.4, 0.5) is 0 Å². The normalized spacial score (nSPS) is 14.4. The minimum absolute atomic E-state index is 0.00107. The average Bonchev–Trinajstić information content (AvgIpc) is 2.68. The van der Waals surface area contributed by atoms with Crippen molar-refractivity contribution in [3.8, 4) is 5.75 Å². The molecule has 0 aromatic heterocycles. The molecule has 2 aromatic carbocycles. The largest absolute Gasteiger partial charge is 0.427 e. The number of carbonyl (C=O) groups is 3. The molecule has 0 atom stereocenters. The third kappa shape index (κ3) is 5.19. The van der Waals surface area contributed by atoms with Gasteiger partial charge in [0.2, 0.25) is 0 Å².